The standard InChI is InChI=1S/C17H20ClN3O/c1-12-5-7-21(8-6-12)17(22)14(10-19)11-20-16-9-15(18)4-3-13(16)2/h3-4,9,11-12,20H,5-8H2,1-2H3/b14-11-. The number of hydrogen-bond donors (Lipinski definition) is 1. The van der Waals surface area contributed by atoms with E-state index in [0.29, 0.717) is 10.9 Å². The van der Waals surface area contributed by atoms with Crippen LogP contribution in [-0.4, -0.2) is 23.9 Å². The Morgan fingerprint density at radius 1 is 1.45 bits per heavy atom. The Balaban J connectivity index is 2.09. The number of piperidine rings is 1. The molecule has 22 heavy (non-hydrogen) atoms. The molecule has 0 aromatic heterocycles. The number of nitrogens with zero attached hydrogens (tertiary/aromatic N) is 2. The predicted molar refractivity (Wildman–Crippen MR) is 88.5 cm³/mol. The number of aryl methyl sites for hydroxylation is 1. The summed E-state index contributed by atoms with van der Waals surface area (Å²) in [6.45, 7) is 5.56. The largest absolute Gasteiger partial charge is 0.360 e. The van der Waals surface area contributed by atoms with Crippen LogP contribution < -0.4 is 5.32 Å². The van der Waals surface area contributed by atoms with Gasteiger partial charge in [-0.1, -0.05) is 24.6 Å². The van der Waals surface area contributed by atoms with Crippen molar-refractivity contribution in [2.45, 2.75) is 26.7 Å². The van der Waals surface area contributed by atoms with Crippen molar-refractivity contribution in [1.82, 2.24) is 4.90 Å². The summed E-state index contributed by atoms with van der Waals surface area (Å²) in [4.78, 5) is 14.1. The quantitative estimate of drug-likeness (QED) is 0.682. The zero-order valence-electron chi connectivity index (χ0n) is 12.9. The molecular formula is C17H20ClN3O. The summed E-state index contributed by atoms with van der Waals surface area (Å²) in [5, 5.41) is 12.9. The Labute approximate surface area is 136 Å². The number of nitrogens with one attached hydrogen (secondary N) is 1. The van der Waals surface area contributed by atoms with E-state index in [2.05, 4.69) is 12.2 Å². The van der Waals surface area contributed by atoms with Gasteiger partial charge < -0.3 is 10.2 Å². The molecule has 0 aliphatic carbocycles. The van der Waals surface area contributed by atoms with Crippen molar-refractivity contribution in [3.63, 3.8) is 0 Å². The highest BCUT2D eigenvalue weighted by atomic mass is 35.5. The second kappa shape index (κ2) is 7.33. The normalized spacial score (nSPS) is 16.3. The van der Waals surface area contributed by atoms with E-state index in [1.54, 1.807) is 17.0 Å². The maximum absolute atomic E-state index is 12.4. The van der Waals surface area contributed by atoms with Crippen molar-refractivity contribution < 1.29 is 4.79 Å². The van der Waals surface area contributed by atoms with Gasteiger partial charge in [0.1, 0.15) is 11.6 Å². The maximum Gasteiger partial charge on any atom is 0.266 e. The summed E-state index contributed by atoms with van der Waals surface area (Å²) >= 11 is 5.96. The summed E-state index contributed by atoms with van der Waals surface area (Å²) in [7, 11) is 0. The van der Waals surface area contributed by atoms with E-state index in [9.17, 15) is 10.1 Å². The van der Waals surface area contributed by atoms with Gasteiger partial charge in [0, 0.05) is 30.0 Å². The van der Waals surface area contributed by atoms with Gasteiger partial charge >= 0.3 is 0 Å². The molecule has 1 saturated heterocycles. The van der Waals surface area contributed by atoms with Gasteiger partial charge in [-0.25, -0.2) is 0 Å². The lowest BCUT2D eigenvalue weighted by atomic mass is 9.99. The third-order valence-electron chi connectivity index (χ3n) is 3.99. The average Bonchev–Trinajstić information content (AvgIpc) is 2.51. The number of rotatable bonds is 3. The first-order valence-electron chi connectivity index (χ1n) is 7.43. The Morgan fingerprint density at radius 2 is 2.14 bits per heavy atom. The Bertz CT molecular complexity index is 625. The molecule has 4 nitrogen and oxygen atoms in total. The van der Waals surface area contributed by atoms with Crippen LogP contribution in [0.1, 0.15) is 25.3 Å². The zero-order chi connectivity index (χ0) is 16.1. The number of carbonyl (C=O) groups excluding carboxylic acids is 1. The highest BCUT2D eigenvalue weighted by Crippen LogP contribution is 2.21. The molecule has 0 atom stereocenters. The zero-order valence-corrected chi connectivity index (χ0v) is 13.7. The van der Waals surface area contributed by atoms with E-state index >= 15 is 0 Å². The first kappa shape index (κ1) is 16.4. The number of hydrogen-bond acceptors (Lipinski definition) is 3. The number of likely N-dealkylation sites (tertiary alicyclic amines) is 1. The van der Waals surface area contributed by atoms with Crippen molar-refractivity contribution in [3.05, 3.63) is 40.6 Å². The van der Waals surface area contributed by atoms with E-state index in [4.69, 9.17) is 11.6 Å². The average molecular weight is 318 g/mol. The molecule has 1 aromatic carbocycles. The molecule has 0 unspecified atom stereocenters. The third-order valence-corrected chi connectivity index (χ3v) is 4.23. The van der Waals surface area contributed by atoms with Crippen LogP contribution in [0, 0.1) is 24.2 Å². The minimum Gasteiger partial charge on any atom is -0.360 e. The van der Waals surface area contributed by atoms with E-state index in [-0.39, 0.29) is 11.5 Å². The molecule has 1 amide bonds. The molecular weight excluding hydrogens is 298 g/mol. The third kappa shape index (κ3) is 4.02. The van der Waals surface area contributed by atoms with Gasteiger partial charge in [0.25, 0.3) is 5.91 Å². The molecule has 0 saturated carbocycles. The number of benzene rings is 1. The molecule has 0 radical (unpaired) electrons. The molecule has 1 aromatic rings. The molecule has 2 rings (SSSR count). The fourth-order valence-electron chi connectivity index (χ4n) is 2.42. The van der Waals surface area contributed by atoms with Crippen molar-refractivity contribution in [2.75, 3.05) is 18.4 Å². The second-order valence-corrected chi connectivity index (χ2v) is 6.18. The van der Waals surface area contributed by atoms with Gasteiger partial charge in [0.15, 0.2) is 0 Å². The van der Waals surface area contributed by atoms with Gasteiger partial charge in [-0.15, -0.1) is 0 Å². The second-order valence-electron chi connectivity index (χ2n) is 5.75. The fraction of sp³-hybridized carbons (Fsp3) is 0.412. The monoisotopic (exact) mass is 317 g/mol. The maximum atomic E-state index is 12.4. The molecule has 1 N–H and O–H groups in total. The number of halogens is 1. The van der Waals surface area contributed by atoms with Gasteiger partial charge in [-0.3, -0.25) is 4.79 Å². The lowest BCUT2D eigenvalue weighted by molar-refractivity contribution is -0.128. The molecule has 1 fully saturated rings. The van der Waals surface area contributed by atoms with Gasteiger partial charge in [-0.05, 0) is 43.4 Å². The van der Waals surface area contributed by atoms with Gasteiger partial charge in [0.2, 0.25) is 0 Å². The Hall–Kier alpha value is -1.99. The van der Waals surface area contributed by atoms with E-state index in [1.165, 1.54) is 6.20 Å². The summed E-state index contributed by atoms with van der Waals surface area (Å²) in [5.41, 5.74) is 1.91. The first-order valence-corrected chi connectivity index (χ1v) is 7.81. The minimum atomic E-state index is -0.207. The minimum absolute atomic E-state index is 0.119. The Kier molecular flexibility index (Phi) is 5.46. The van der Waals surface area contributed by atoms with Crippen LogP contribution in [0.5, 0.6) is 0 Å². The van der Waals surface area contributed by atoms with Crippen molar-refractivity contribution in [1.29, 1.82) is 5.26 Å². The Morgan fingerprint density at radius 3 is 2.77 bits per heavy atom. The van der Waals surface area contributed by atoms with E-state index < -0.39 is 0 Å². The lowest BCUT2D eigenvalue weighted by Gasteiger charge is -2.30. The first-order chi connectivity index (χ1) is 10.5. The number of nitriles is 1. The highest BCUT2D eigenvalue weighted by molar-refractivity contribution is 6.30. The predicted octanol–water partition coefficient (Wildman–Crippen LogP) is 3.73. The summed E-state index contributed by atoms with van der Waals surface area (Å²) in [6, 6.07) is 7.45. The molecule has 0 spiro atoms. The van der Waals surface area contributed by atoms with Crippen LogP contribution in [0.3, 0.4) is 0 Å². The molecule has 0 bridgehead atoms. The molecule has 1 aliphatic heterocycles. The van der Waals surface area contributed by atoms with Gasteiger partial charge in [-0.2, -0.15) is 5.26 Å². The van der Waals surface area contributed by atoms with Crippen LogP contribution >= 0.6 is 11.6 Å². The molecule has 1 aliphatic rings. The molecule has 116 valence electrons. The SMILES string of the molecule is Cc1ccc(Cl)cc1N/C=C(/C#N)C(=O)N1CCC(C)CC1. The van der Waals surface area contributed by atoms with Crippen molar-refractivity contribution in [3.8, 4) is 6.07 Å². The van der Waals surface area contributed by atoms with E-state index in [1.807, 2.05) is 19.1 Å². The smallest absolute Gasteiger partial charge is 0.266 e. The van der Waals surface area contributed by atoms with Crippen molar-refractivity contribution >= 4 is 23.2 Å². The summed E-state index contributed by atoms with van der Waals surface area (Å²) in [6.07, 6.45) is 3.45. The van der Waals surface area contributed by atoms with Crippen LogP contribution in [0.15, 0.2) is 30.0 Å². The van der Waals surface area contributed by atoms with Crippen LogP contribution in [0.4, 0.5) is 5.69 Å². The van der Waals surface area contributed by atoms with Crippen LogP contribution in [0.25, 0.3) is 0 Å². The number of amides is 1. The molecule has 1 heterocycles. The fourth-order valence-corrected chi connectivity index (χ4v) is 2.60. The van der Waals surface area contributed by atoms with E-state index in [0.717, 1.165) is 37.2 Å². The number of anilines is 1. The topological polar surface area (TPSA) is 56.1 Å². The van der Waals surface area contributed by atoms with Crippen molar-refractivity contribution in [2.24, 2.45) is 5.92 Å². The summed E-state index contributed by atoms with van der Waals surface area (Å²) < 4.78 is 0. The van der Waals surface area contributed by atoms with Crippen LogP contribution in [0.2, 0.25) is 5.02 Å². The molecule has 5 heteroatoms. The lowest BCUT2D eigenvalue weighted by Crippen LogP contribution is -2.38. The highest BCUT2D eigenvalue weighted by Gasteiger charge is 2.22. The van der Waals surface area contributed by atoms with Crippen LogP contribution in [-0.2, 0) is 4.79 Å². The van der Waals surface area contributed by atoms with Gasteiger partial charge in [0.05, 0.1) is 0 Å². The summed E-state index contributed by atoms with van der Waals surface area (Å²) in [5.74, 6) is 0.437. The number of carbonyl (C=O) groups is 1.